The zero-order valence-electron chi connectivity index (χ0n) is 21.4. The second kappa shape index (κ2) is 7.57. The van der Waals surface area contributed by atoms with E-state index in [0.29, 0.717) is 23.7 Å². The lowest BCUT2D eigenvalue weighted by Crippen LogP contribution is -2.55. The highest BCUT2D eigenvalue weighted by atomic mass is 16.6. The van der Waals surface area contributed by atoms with Gasteiger partial charge in [0.25, 0.3) is 5.69 Å². The van der Waals surface area contributed by atoms with Crippen LogP contribution in [0.3, 0.4) is 0 Å². The first-order chi connectivity index (χ1) is 17.5. The van der Waals surface area contributed by atoms with Crippen LogP contribution in [0.15, 0.2) is 18.2 Å². The number of hydrogen-bond donors (Lipinski definition) is 2. The predicted octanol–water partition coefficient (Wildman–Crippen LogP) is 6.22. The SMILES string of the molecule is O=C(O)CC12C[C@H]3C[C@H](C1)CC(c1ccc(C45C[C@@H]6C[C@H](CC(CC(=O)O)(C6)C4)C5)c([N+](=O)[O-])c1)(C3)C2. The molecule has 0 saturated heterocycles. The normalized spacial score (nSPS) is 44.8. The smallest absolute Gasteiger partial charge is 0.303 e. The number of aliphatic carboxylic acids is 2. The molecule has 0 aliphatic heterocycles. The molecule has 1 aromatic carbocycles. The molecule has 37 heavy (non-hydrogen) atoms. The van der Waals surface area contributed by atoms with Gasteiger partial charge in [-0.15, -0.1) is 0 Å². The van der Waals surface area contributed by atoms with Gasteiger partial charge in [-0.05, 0) is 123 Å². The Morgan fingerprint density at radius 3 is 1.70 bits per heavy atom. The molecule has 8 aliphatic carbocycles. The summed E-state index contributed by atoms with van der Waals surface area (Å²) in [6.07, 6.45) is 12.0. The van der Waals surface area contributed by atoms with E-state index < -0.39 is 11.9 Å². The summed E-state index contributed by atoms with van der Waals surface area (Å²) in [7, 11) is 0. The quantitative estimate of drug-likeness (QED) is 0.334. The summed E-state index contributed by atoms with van der Waals surface area (Å²) >= 11 is 0. The molecule has 0 spiro atoms. The fraction of sp³-hybridized carbons (Fsp3) is 0.733. The van der Waals surface area contributed by atoms with Crippen LogP contribution in [0.2, 0.25) is 0 Å². The monoisotopic (exact) mass is 507 g/mol. The van der Waals surface area contributed by atoms with Crippen LogP contribution in [0.4, 0.5) is 5.69 Å². The average molecular weight is 508 g/mol. The van der Waals surface area contributed by atoms with Crippen LogP contribution < -0.4 is 0 Å². The van der Waals surface area contributed by atoms with Gasteiger partial charge in [-0.2, -0.15) is 0 Å². The van der Waals surface area contributed by atoms with Gasteiger partial charge < -0.3 is 10.2 Å². The molecule has 7 nitrogen and oxygen atoms in total. The predicted molar refractivity (Wildman–Crippen MR) is 135 cm³/mol. The highest BCUT2D eigenvalue weighted by Gasteiger charge is 2.61. The van der Waals surface area contributed by atoms with Crippen LogP contribution in [-0.4, -0.2) is 27.1 Å². The molecule has 2 N–H and O–H groups in total. The molecule has 0 radical (unpaired) electrons. The minimum atomic E-state index is -0.751. The first-order valence-electron chi connectivity index (χ1n) is 14.2. The number of nitro groups is 1. The summed E-state index contributed by atoms with van der Waals surface area (Å²) in [5, 5.41) is 32.0. The van der Waals surface area contributed by atoms with Crippen molar-refractivity contribution in [1.29, 1.82) is 0 Å². The Morgan fingerprint density at radius 2 is 1.24 bits per heavy atom. The summed E-state index contributed by atoms with van der Waals surface area (Å²) in [5.74, 6) is 0.462. The van der Waals surface area contributed by atoms with Crippen molar-refractivity contribution in [2.75, 3.05) is 0 Å². The number of benzene rings is 1. The van der Waals surface area contributed by atoms with Crippen LogP contribution >= 0.6 is 0 Å². The van der Waals surface area contributed by atoms with E-state index in [0.717, 1.165) is 81.8 Å². The minimum Gasteiger partial charge on any atom is -0.481 e. The lowest BCUT2D eigenvalue weighted by Gasteiger charge is -2.63. The molecule has 8 bridgehead atoms. The maximum atomic E-state index is 12.6. The number of rotatable bonds is 7. The largest absolute Gasteiger partial charge is 0.481 e. The Kier molecular flexibility index (Phi) is 4.84. The maximum Gasteiger partial charge on any atom is 0.303 e. The van der Waals surface area contributed by atoms with E-state index >= 15 is 0 Å². The van der Waals surface area contributed by atoms with Crippen molar-refractivity contribution in [3.8, 4) is 0 Å². The summed E-state index contributed by atoms with van der Waals surface area (Å²) in [4.78, 5) is 36.0. The summed E-state index contributed by atoms with van der Waals surface area (Å²) in [6, 6.07) is 6.04. The van der Waals surface area contributed by atoms with E-state index in [2.05, 4.69) is 6.07 Å². The zero-order chi connectivity index (χ0) is 25.8. The fourth-order valence-corrected chi connectivity index (χ4v) is 12.1. The molecule has 4 atom stereocenters. The average Bonchev–Trinajstić information content (AvgIpc) is 2.75. The van der Waals surface area contributed by atoms with Crippen LogP contribution in [0.25, 0.3) is 0 Å². The number of carboxylic acids is 2. The van der Waals surface area contributed by atoms with Gasteiger partial charge in [0.05, 0.1) is 17.8 Å². The molecule has 0 heterocycles. The molecular formula is C30H37NO6. The second-order valence-electron chi connectivity index (χ2n) is 14.6. The van der Waals surface area contributed by atoms with Crippen LogP contribution in [0.5, 0.6) is 0 Å². The lowest BCUT2D eigenvalue weighted by atomic mass is 9.41. The number of nitro benzene ring substituents is 1. The van der Waals surface area contributed by atoms with E-state index in [1.807, 2.05) is 12.1 Å². The zero-order valence-corrected chi connectivity index (χ0v) is 21.4. The molecule has 0 amide bonds. The highest BCUT2D eigenvalue weighted by Crippen LogP contribution is 2.69. The Morgan fingerprint density at radius 1 is 0.784 bits per heavy atom. The number of carboxylic acid groups (broad SMARTS) is 2. The third-order valence-corrected chi connectivity index (χ3v) is 11.8. The van der Waals surface area contributed by atoms with Gasteiger partial charge in [-0.3, -0.25) is 19.7 Å². The molecule has 0 aromatic heterocycles. The number of hydrogen-bond acceptors (Lipinski definition) is 4. The van der Waals surface area contributed by atoms with Crippen LogP contribution in [0, 0.1) is 44.6 Å². The Bertz CT molecular complexity index is 1180. The van der Waals surface area contributed by atoms with E-state index in [-0.39, 0.29) is 45.1 Å². The lowest BCUT2D eigenvalue weighted by molar-refractivity contribution is -0.386. The van der Waals surface area contributed by atoms with Crippen molar-refractivity contribution in [2.45, 2.75) is 101 Å². The molecule has 8 saturated carbocycles. The van der Waals surface area contributed by atoms with Gasteiger partial charge in [0, 0.05) is 17.0 Å². The molecule has 8 fully saturated rings. The standard InChI is InChI=1S/C30H37NO6/c32-25(33)14-27-6-18-3-19(7-27)11-29(10-18,16-27)22-1-2-23(24(5-22)31(36)37)30-12-20-4-21(13-30)9-28(8-20,17-30)15-26(34)35/h1-2,5,18-21H,3-4,6-17H2,(H,32,33)(H,34,35)/t18-,19-,20-,21-,27?,28?,29?,30?/m1/s1. The third kappa shape index (κ3) is 3.59. The van der Waals surface area contributed by atoms with E-state index in [1.54, 1.807) is 0 Å². The van der Waals surface area contributed by atoms with Gasteiger partial charge >= 0.3 is 11.9 Å². The van der Waals surface area contributed by atoms with Crippen molar-refractivity contribution in [3.63, 3.8) is 0 Å². The molecule has 0 unspecified atom stereocenters. The third-order valence-electron chi connectivity index (χ3n) is 11.8. The van der Waals surface area contributed by atoms with Crippen molar-refractivity contribution in [2.24, 2.45) is 34.5 Å². The van der Waals surface area contributed by atoms with Gasteiger partial charge in [-0.1, -0.05) is 12.1 Å². The summed E-state index contributed by atoms with van der Waals surface area (Å²) in [6.45, 7) is 0. The van der Waals surface area contributed by atoms with Gasteiger partial charge in [0.2, 0.25) is 0 Å². The van der Waals surface area contributed by atoms with Crippen molar-refractivity contribution in [3.05, 3.63) is 39.4 Å². The maximum absolute atomic E-state index is 12.6. The summed E-state index contributed by atoms with van der Waals surface area (Å²) in [5.41, 5.74) is 1.22. The van der Waals surface area contributed by atoms with Crippen LogP contribution in [-0.2, 0) is 20.4 Å². The minimum absolute atomic E-state index is 0.158. The molecular weight excluding hydrogens is 470 g/mol. The first kappa shape index (κ1) is 23.7. The van der Waals surface area contributed by atoms with Crippen LogP contribution in [0.1, 0.15) is 101 Å². The van der Waals surface area contributed by atoms with Crippen molar-refractivity contribution < 1.29 is 24.7 Å². The van der Waals surface area contributed by atoms with Gasteiger partial charge in [0.1, 0.15) is 0 Å². The highest BCUT2D eigenvalue weighted by molar-refractivity contribution is 5.68. The summed E-state index contributed by atoms with van der Waals surface area (Å²) < 4.78 is 0. The molecule has 7 heteroatoms. The van der Waals surface area contributed by atoms with Gasteiger partial charge in [-0.25, -0.2) is 0 Å². The Hall–Kier alpha value is -2.44. The molecule has 198 valence electrons. The van der Waals surface area contributed by atoms with Crippen molar-refractivity contribution in [1.82, 2.24) is 0 Å². The fourth-order valence-electron chi connectivity index (χ4n) is 12.1. The molecule has 9 rings (SSSR count). The van der Waals surface area contributed by atoms with E-state index in [4.69, 9.17) is 0 Å². The molecule has 8 aliphatic rings. The van der Waals surface area contributed by atoms with Gasteiger partial charge in [0.15, 0.2) is 0 Å². The van der Waals surface area contributed by atoms with E-state index in [1.165, 1.54) is 6.42 Å². The second-order valence-corrected chi connectivity index (χ2v) is 14.6. The Balaban J connectivity index is 1.28. The first-order valence-corrected chi connectivity index (χ1v) is 14.2. The topological polar surface area (TPSA) is 118 Å². The van der Waals surface area contributed by atoms with Crippen molar-refractivity contribution >= 4 is 17.6 Å². The molecule has 1 aromatic rings. The number of nitrogens with zero attached hydrogens (tertiary/aromatic N) is 1. The van der Waals surface area contributed by atoms with E-state index in [9.17, 15) is 29.9 Å². The number of carbonyl (C=O) groups is 2. The Labute approximate surface area is 217 Å².